The van der Waals surface area contributed by atoms with E-state index in [1.165, 1.54) is 0 Å². The number of para-hydroxylation sites is 2. The number of amides is 2. The third-order valence-corrected chi connectivity index (χ3v) is 2.06. The molecule has 3 nitrogen and oxygen atoms in total. The third kappa shape index (κ3) is 3.99. The van der Waals surface area contributed by atoms with Gasteiger partial charge in [0.15, 0.2) is 0 Å². The summed E-state index contributed by atoms with van der Waals surface area (Å²) in [5.41, 5.74) is 1.55. The number of nitrogens with one attached hydrogen (secondary N) is 2. The summed E-state index contributed by atoms with van der Waals surface area (Å²) < 4.78 is 0. The van der Waals surface area contributed by atoms with Crippen LogP contribution in [-0.4, -0.2) is 6.03 Å². The van der Waals surface area contributed by atoms with Crippen LogP contribution in [-0.2, 0) is 0 Å². The highest BCUT2D eigenvalue weighted by atomic mass is 16.2. The Morgan fingerprint density at radius 2 is 1.06 bits per heavy atom. The highest BCUT2D eigenvalue weighted by molar-refractivity contribution is 5.99. The Labute approximate surface area is 101 Å². The molecular weight excluding hydrogens is 212 g/mol. The van der Waals surface area contributed by atoms with Crippen molar-refractivity contribution in [2.75, 3.05) is 10.6 Å². The highest BCUT2D eigenvalue weighted by Crippen LogP contribution is 2.08. The van der Waals surface area contributed by atoms with Gasteiger partial charge in [-0.25, -0.2) is 4.79 Å². The first-order valence-electron chi connectivity index (χ1n) is 5.03. The summed E-state index contributed by atoms with van der Waals surface area (Å²) >= 11 is 0. The van der Waals surface area contributed by atoms with Gasteiger partial charge in [0.1, 0.15) is 0 Å². The van der Waals surface area contributed by atoms with E-state index in [-0.39, 0.29) is 13.5 Å². The molecule has 0 aliphatic rings. The van der Waals surface area contributed by atoms with E-state index in [4.69, 9.17) is 0 Å². The number of hydrogen-bond acceptors (Lipinski definition) is 1. The minimum absolute atomic E-state index is 0. The van der Waals surface area contributed by atoms with Crippen molar-refractivity contribution < 1.29 is 4.79 Å². The summed E-state index contributed by atoms with van der Waals surface area (Å²) in [6.07, 6.45) is 0. The molecule has 0 fully saturated rings. The van der Waals surface area contributed by atoms with Gasteiger partial charge in [0, 0.05) is 11.4 Å². The Morgan fingerprint density at radius 1 is 0.706 bits per heavy atom. The van der Waals surface area contributed by atoms with E-state index in [9.17, 15) is 4.79 Å². The van der Waals surface area contributed by atoms with Crippen molar-refractivity contribution in [1.29, 1.82) is 0 Å². The molecule has 0 saturated carbocycles. The van der Waals surface area contributed by atoms with E-state index >= 15 is 0 Å². The zero-order chi connectivity index (χ0) is 11.2. The van der Waals surface area contributed by atoms with Crippen molar-refractivity contribution in [3.63, 3.8) is 0 Å². The van der Waals surface area contributed by atoms with Crippen molar-refractivity contribution in [2.24, 2.45) is 0 Å². The molecule has 88 valence electrons. The molecule has 0 heterocycles. The molecule has 0 atom stereocenters. The summed E-state index contributed by atoms with van der Waals surface area (Å²) in [4.78, 5) is 11.6. The predicted molar refractivity (Wildman–Crippen MR) is 72.3 cm³/mol. The van der Waals surface area contributed by atoms with E-state index in [1.54, 1.807) is 0 Å². The average molecular weight is 228 g/mol. The fourth-order valence-electron chi connectivity index (χ4n) is 1.34. The lowest BCUT2D eigenvalue weighted by molar-refractivity contribution is 0.262. The largest absolute Gasteiger partial charge is 0.323 e. The quantitative estimate of drug-likeness (QED) is 0.802. The first-order chi connectivity index (χ1) is 7.84. The van der Waals surface area contributed by atoms with Gasteiger partial charge in [-0.2, -0.15) is 0 Å². The van der Waals surface area contributed by atoms with Crippen molar-refractivity contribution in [3.8, 4) is 0 Å². The van der Waals surface area contributed by atoms with Crippen LogP contribution >= 0.6 is 0 Å². The normalized spacial score (nSPS) is 8.94. The Hall–Kier alpha value is -2.29. The fourth-order valence-corrected chi connectivity index (χ4v) is 1.34. The van der Waals surface area contributed by atoms with Crippen LogP contribution in [0.3, 0.4) is 0 Å². The van der Waals surface area contributed by atoms with Crippen molar-refractivity contribution >= 4 is 17.4 Å². The maximum absolute atomic E-state index is 11.6. The molecule has 2 N–H and O–H groups in total. The summed E-state index contributed by atoms with van der Waals surface area (Å²) in [7, 11) is 0. The molecule has 17 heavy (non-hydrogen) atoms. The Morgan fingerprint density at radius 3 is 1.41 bits per heavy atom. The van der Waals surface area contributed by atoms with Gasteiger partial charge in [0.25, 0.3) is 0 Å². The number of anilines is 2. The van der Waals surface area contributed by atoms with Gasteiger partial charge in [0.05, 0.1) is 0 Å². The highest BCUT2D eigenvalue weighted by Gasteiger charge is 2.00. The van der Waals surface area contributed by atoms with Crippen LogP contribution in [0.15, 0.2) is 60.7 Å². The van der Waals surface area contributed by atoms with Crippen molar-refractivity contribution in [3.05, 3.63) is 60.7 Å². The van der Waals surface area contributed by atoms with Gasteiger partial charge in [-0.05, 0) is 24.3 Å². The van der Waals surface area contributed by atoms with E-state index in [0.29, 0.717) is 0 Å². The minimum atomic E-state index is -0.239. The average Bonchev–Trinajstić information content (AvgIpc) is 2.31. The zero-order valence-corrected chi connectivity index (χ0v) is 8.68. The van der Waals surface area contributed by atoms with Gasteiger partial charge in [-0.3, -0.25) is 0 Å². The monoisotopic (exact) mass is 228 g/mol. The number of urea groups is 1. The third-order valence-electron chi connectivity index (χ3n) is 2.06. The Balaban J connectivity index is 0.00000144. The van der Waals surface area contributed by atoms with Crippen LogP contribution in [0.5, 0.6) is 0 Å². The number of hydrogen-bond donors (Lipinski definition) is 2. The van der Waals surface area contributed by atoms with E-state index in [0.717, 1.165) is 11.4 Å². The summed E-state index contributed by atoms with van der Waals surface area (Å²) in [5.74, 6) is 0. The Kier molecular flexibility index (Phi) is 4.76. The number of carbonyl (C=O) groups excluding carboxylic acids is 1. The molecule has 2 aromatic rings. The molecule has 2 amide bonds. The van der Waals surface area contributed by atoms with Crippen molar-refractivity contribution in [1.82, 2.24) is 0 Å². The molecule has 0 radical (unpaired) electrons. The second-order valence-electron chi connectivity index (χ2n) is 3.31. The van der Waals surface area contributed by atoms with Crippen LogP contribution in [0.25, 0.3) is 0 Å². The first-order valence-corrected chi connectivity index (χ1v) is 5.03. The lowest BCUT2D eigenvalue weighted by atomic mass is 10.3. The minimum Gasteiger partial charge on any atom is -0.308 e. The maximum Gasteiger partial charge on any atom is 0.323 e. The molecule has 0 spiro atoms. The summed E-state index contributed by atoms with van der Waals surface area (Å²) in [5, 5.41) is 5.48. The topological polar surface area (TPSA) is 41.1 Å². The predicted octanol–water partition coefficient (Wildman–Crippen LogP) is 3.97. The van der Waals surface area contributed by atoms with Crippen LogP contribution in [0, 0.1) is 0 Å². The Bertz CT molecular complexity index is 411. The molecule has 0 aromatic heterocycles. The van der Waals surface area contributed by atoms with Crippen LogP contribution in [0.4, 0.5) is 16.2 Å². The van der Waals surface area contributed by atoms with Gasteiger partial charge in [-0.15, -0.1) is 0 Å². The molecule has 2 rings (SSSR count). The van der Waals surface area contributed by atoms with Crippen molar-refractivity contribution in [2.45, 2.75) is 7.43 Å². The molecule has 3 heteroatoms. The molecule has 0 aliphatic heterocycles. The van der Waals surface area contributed by atoms with E-state index < -0.39 is 0 Å². The lowest BCUT2D eigenvalue weighted by Crippen LogP contribution is -2.19. The van der Waals surface area contributed by atoms with Crippen LogP contribution in [0.2, 0.25) is 0 Å². The molecule has 0 aliphatic carbocycles. The number of benzene rings is 2. The molecule has 0 saturated heterocycles. The molecule has 2 aromatic carbocycles. The first kappa shape index (κ1) is 12.8. The fraction of sp³-hybridized carbons (Fsp3) is 0.0714. The molecular formula is C14H16N2O. The van der Waals surface area contributed by atoms with Gasteiger partial charge < -0.3 is 10.6 Å². The lowest BCUT2D eigenvalue weighted by Gasteiger charge is -2.06. The summed E-state index contributed by atoms with van der Waals surface area (Å²) in [6.45, 7) is 0. The van der Waals surface area contributed by atoms with E-state index in [1.807, 2.05) is 60.7 Å². The second-order valence-corrected chi connectivity index (χ2v) is 3.31. The van der Waals surface area contributed by atoms with Gasteiger partial charge in [-0.1, -0.05) is 43.8 Å². The van der Waals surface area contributed by atoms with Gasteiger partial charge >= 0.3 is 6.03 Å². The molecule has 0 bridgehead atoms. The maximum atomic E-state index is 11.6. The summed E-state index contributed by atoms with van der Waals surface area (Å²) in [6, 6.07) is 18.4. The number of rotatable bonds is 2. The zero-order valence-electron chi connectivity index (χ0n) is 8.68. The number of carbonyl (C=O) groups is 1. The smallest absolute Gasteiger partial charge is 0.308 e. The van der Waals surface area contributed by atoms with Crippen LogP contribution < -0.4 is 10.6 Å². The standard InChI is InChI=1S/C13H12N2O.CH4/c16-13(14-11-7-3-1-4-8-11)15-12-9-5-2-6-10-12;/h1-10H,(H2,14,15,16);1H4. The SMILES string of the molecule is C.O=C(Nc1ccccc1)Nc1ccccc1. The second kappa shape index (κ2) is 6.33. The molecule has 0 unspecified atom stereocenters. The van der Waals surface area contributed by atoms with Gasteiger partial charge in [0.2, 0.25) is 0 Å². The van der Waals surface area contributed by atoms with E-state index in [2.05, 4.69) is 10.6 Å². The van der Waals surface area contributed by atoms with Crippen LogP contribution in [0.1, 0.15) is 7.43 Å².